The molecule has 0 aromatic heterocycles. The molecule has 1 fully saturated rings. The zero-order valence-corrected chi connectivity index (χ0v) is 13.7. The topological polar surface area (TPSA) is 38.5 Å². The highest BCUT2D eigenvalue weighted by molar-refractivity contribution is 5.43. The Kier molecular flexibility index (Phi) is 5.54. The number of hydrogen-bond donors (Lipinski definition) is 1. The van der Waals surface area contributed by atoms with Gasteiger partial charge in [-0.1, -0.05) is 36.4 Å². The van der Waals surface area contributed by atoms with Crippen molar-refractivity contribution in [2.75, 3.05) is 32.0 Å². The third-order valence-corrected chi connectivity index (χ3v) is 4.61. The Hall–Kier alpha value is -2.00. The van der Waals surface area contributed by atoms with Crippen LogP contribution in [-0.4, -0.2) is 31.1 Å². The molecule has 2 aromatic rings. The van der Waals surface area contributed by atoms with Crippen LogP contribution < -0.4 is 10.5 Å². The van der Waals surface area contributed by atoms with Crippen LogP contribution in [0.4, 0.5) is 5.69 Å². The minimum Gasteiger partial charge on any atom is -0.492 e. The summed E-state index contributed by atoms with van der Waals surface area (Å²) in [5, 5.41) is 0. The number of nitrogens with zero attached hydrogens (tertiary/aromatic N) is 1. The van der Waals surface area contributed by atoms with Crippen molar-refractivity contribution in [1.82, 2.24) is 4.90 Å². The van der Waals surface area contributed by atoms with Gasteiger partial charge in [-0.3, -0.25) is 4.90 Å². The Morgan fingerprint density at radius 3 is 2.52 bits per heavy atom. The molecule has 1 aliphatic heterocycles. The molecule has 2 aromatic carbocycles. The maximum Gasteiger partial charge on any atom is 0.121 e. The van der Waals surface area contributed by atoms with E-state index >= 15 is 0 Å². The van der Waals surface area contributed by atoms with Gasteiger partial charge >= 0.3 is 0 Å². The standard InChI is InChI=1S/C20H26N2O/c21-19-7-4-8-20(16-19)23-14-13-22-11-9-18(10-12-22)15-17-5-2-1-3-6-17/h1-8,16,18H,9-15,21H2. The number of likely N-dealkylation sites (tertiary alicyclic amines) is 1. The van der Waals surface area contributed by atoms with Gasteiger partial charge in [0.2, 0.25) is 0 Å². The van der Waals surface area contributed by atoms with Crippen LogP contribution in [0.3, 0.4) is 0 Å². The van der Waals surface area contributed by atoms with Crippen molar-refractivity contribution in [3.63, 3.8) is 0 Å². The van der Waals surface area contributed by atoms with Gasteiger partial charge in [0.25, 0.3) is 0 Å². The molecule has 0 atom stereocenters. The molecule has 1 heterocycles. The first-order valence-electron chi connectivity index (χ1n) is 8.54. The molecule has 3 rings (SSSR count). The number of benzene rings is 2. The Morgan fingerprint density at radius 1 is 1.00 bits per heavy atom. The monoisotopic (exact) mass is 310 g/mol. The van der Waals surface area contributed by atoms with Crippen LogP contribution in [0.25, 0.3) is 0 Å². The highest BCUT2D eigenvalue weighted by atomic mass is 16.5. The predicted molar refractivity (Wildman–Crippen MR) is 95.7 cm³/mol. The molecular formula is C20H26N2O. The molecule has 0 amide bonds. The minimum absolute atomic E-state index is 0.729. The summed E-state index contributed by atoms with van der Waals surface area (Å²) in [6.07, 6.45) is 3.79. The largest absolute Gasteiger partial charge is 0.492 e. The first-order chi connectivity index (χ1) is 11.3. The lowest BCUT2D eigenvalue weighted by Gasteiger charge is -2.31. The first kappa shape index (κ1) is 15.9. The van der Waals surface area contributed by atoms with E-state index in [1.165, 1.54) is 37.9 Å². The quantitative estimate of drug-likeness (QED) is 0.829. The number of hydrogen-bond acceptors (Lipinski definition) is 3. The van der Waals surface area contributed by atoms with Gasteiger partial charge in [0.05, 0.1) is 0 Å². The van der Waals surface area contributed by atoms with Crippen LogP contribution in [0.5, 0.6) is 5.75 Å². The minimum atomic E-state index is 0.729. The smallest absolute Gasteiger partial charge is 0.121 e. The van der Waals surface area contributed by atoms with Crippen molar-refractivity contribution >= 4 is 5.69 Å². The molecule has 3 nitrogen and oxygen atoms in total. The molecule has 23 heavy (non-hydrogen) atoms. The summed E-state index contributed by atoms with van der Waals surface area (Å²) in [6, 6.07) is 18.5. The Bertz CT molecular complexity index is 592. The summed E-state index contributed by atoms with van der Waals surface area (Å²) in [7, 11) is 0. The van der Waals surface area contributed by atoms with E-state index in [1.807, 2.05) is 24.3 Å². The Morgan fingerprint density at radius 2 is 1.78 bits per heavy atom. The number of piperidine rings is 1. The second-order valence-electron chi connectivity index (χ2n) is 6.40. The van der Waals surface area contributed by atoms with Crippen LogP contribution in [0.15, 0.2) is 54.6 Å². The second-order valence-corrected chi connectivity index (χ2v) is 6.40. The number of nitrogen functional groups attached to an aromatic ring is 1. The van der Waals surface area contributed by atoms with Crippen molar-refractivity contribution in [3.05, 3.63) is 60.2 Å². The summed E-state index contributed by atoms with van der Waals surface area (Å²) < 4.78 is 5.79. The molecule has 0 bridgehead atoms. The molecular weight excluding hydrogens is 284 g/mol. The molecule has 122 valence electrons. The Balaban J connectivity index is 1.36. The summed E-state index contributed by atoms with van der Waals surface area (Å²) in [5.41, 5.74) is 7.98. The van der Waals surface area contributed by atoms with Crippen LogP contribution >= 0.6 is 0 Å². The average molecular weight is 310 g/mol. The third-order valence-electron chi connectivity index (χ3n) is 4.61. The van der Waals surface area contributed by atoms with E-state index in [0.717, 1.165) is 30.5 Å². The number of ether oxygens (including phenoxy) is 1. The van der Waals surface area contributed by atoms with E-state index in [1.54, 1.807) is 0 Å². The molecule has 1 saturated heterocycles. The van der Waals surface area contributed by atoms with Crippen LogP contribution in [0, 0.1) is 5.92 Å². The summed E-state index contributed by atoms with van der Waals surface area (Å²) in [6.45, 7) is 4.08. The lowest BCUT2D eigenvalue weighted by atomic mass is 9.90. The van der Waals surface area contributed by atoms with E-state index in [-0.39, 0.29) is 0 Å². The summed E-state index contributed by atoms with van der Waals surface area (Å²) in [4.78, 5) is 2.51. The molecule has 1 aliphatic rings. The maximum absolute atomic E-state index is 5.79. The fourth-order valence-electron chi connectivity index (χ4n) is 3.26. The fraction of sp³-hybridized carbons (Fsp3) is 0.400. The van der Waals surface area contributed by atoms with Gasteiger partial charge in [0.15, 0.2) is 0 Å². The Labute approximate surface area is 139 Å². The van der Waals surface area contributed by atoms with Gasteiger partial charge < -0.3 is 10.5 Å². The van der Waals surface area contributed by atoms with E-state index in [2.05, 4.69) is 35.2 Å². The van der Waals surface area contributed by atoms with Gasteiger partial charge in [0, 0.05) is 18.3 Å². The van der Waals surface area contributed by atoms with Gasteiger partial charge in [-0.15, -0.1) is 0 Å². The molecule has 0 aliphatic carbocycles. The van der Waals surface area contributed by atoms with Crippen LogP contribution in [0.1, 0.15) is 18.4 Å². The molecule has 0 spiro atoms. The number of anilines is 1. The maximum atomic E-state index is 5.79. The average Bonchev–Trinajstić information content (AvgIpc) is 2.58. The van der Waals surface area contributed by atoms with Gasteiger partial charge in [-0.25, -0.2) is 0 Å². The zero-order valence-electron chi connectivity index (χ0n) is 13.7. The lowest BCUT2D eigenvalue weighted by molar-refractivity contribution is 0.155. The lowest BCUT2D eigenvalue weighted by Crippen LogP contribution is -2.37. The van der Waals surface area contributed by atoms with Crippen molar-refractivity contribution in [1.29, 1.82) is 0 Å². The van der Waals surface area contributed by atoms with Crippen molar-refractivity contribution in [2.45, 2.75) is 19.3 Å². The fourth-order valence-corrected chi connectivity index (χ4v) is 3.26. The highest BCUT2D eigenvalue weighted by Gasteiger charge is 2.19. The van der Waals surface area contributed by atoms with Crippen LogP contribution in [-0.2, 0) is 6.42 Å². The SMILES string of the molecule is Nc1cccc(OCCN2CCC(Cc3ccccc3)CC2)c1. The number of rotatable bonds is 6. The van der Waals surface area contributed by atoms with E-state index < -0.39 is 0 Å². The molecule has 0 unspecified atom stereocenters. The van der Waals surface area contributed by atoms with Crippen molar-refractivity contribution in [2.24, 2.45) is 5.92 Å². The third kappa shape index (κ3) is 5.00. The van der Waals surface area contributed by atoms with E-state index in [4.69, 9.17) is 10.5 Å². The number of nitrogens with two attached hydrogens (primary N) is 1. The summed E-state index contributed by atoms with van der Waals surface area (Å²) in [5.74, 6) is 1.69. The van der Waals surface area contributed by atoms with Gasteiger partial charge in [0.1, 0.15) is 12.4 Å². The van der Waals surface area contributed by atoms with Gasteiger partial charge in [-0.05, 0) is 56.0 Å². The van der Waals surface area contributed by atoms with E-state index in [9.17, 15) is 0 Å². The van der Waals surface area contributed by atoms with Gasteiger partial charge in [-0.2, -0.15) is 0 Å². The second kappa shape index (κ2) is 8.02. The molecule has 0 saturated carbocycles. The van der Waals surface area contributed by atoms with E-state index in [0.29, 0.717) is 0 Å². The zero-order chi connectivity index (χ0) is 15.9. The predicted octanol–water partition coefficient (Wildman–Crippen LogP) is 3.60. The summed E-state index contributed by atoms with van der Waals surface area (Å²) >= 11 is 0. The molecule has 3 heteroatoms. The molecule has 0 radical (unpaired) electrons. The van der Waals surface area contributed by atoms with Crippen molar-refractivity contribution < 1.29 is 4.74 Å². The highest BCUT2D eigenvalue weighted by Crippen LogP contribution is 2.21. The normalized spacial score (nSPS) is 16.3. The van der Waals surface area contributed by atoms with Crippen LogP contribution in [0.2, 0.25) is 0 Å². The molecule has 2 N–H and O–H groups in total. The van der Waals surface area contributed by atoms with Crippen molar-refractivity contribution in [3.8, 4) is 5.75 Å². The first-order valence-corrected chi connectivity index (χ1v) is 8.54.